The fourth-order valence-electron chi connectivity index (χ4n) is 3.00. The largest absolute Gasteiger partial charge is 0.433 e. The summed E-state index contributed by atoms with van der Waals surface area (Å²) in [5.41, 5.74) is 1.95. The second-order valence-electron chi connectivity index (χ2n) is 6.59. The molecule has 1 N–H and O–H groups in total. The van der Waals surface area contributed by atoms with Gasteiger partial charge in [-0.2, -0.15) is 18.3 Å². The molecule has 0 bridgehead atoms. The van der Waals surface area contributed by atoms with E-state index in [-0.39, 0.29) is 18.2 Å². The van der Waals surface area contributed by atoms with E-state index in [0.717, 1.165) is 22.9 Å². The summed E-state index contributed by atoms with van der Waals surface area (Å²) < 4.78 is 41.8. The Labute approximate surface area is 170 Å². The van der Waals surface area contributed by atoms with E-state index in [2.05, 4.69) is 25.4 Å². The van der Waals surface area contributed by atoms with Gasteiger partial charge in [0.2, 0.25) is 0 Å². The van der Waals surface area contributed by atoms with Gasteiger partial charge in [-0.1, -0.05) is 30.3 Å². The maximum Gasteiger partial charge on any atom is 0.433 e. The summed E-state index contributed by atoms with van der Waals surface area (Å²) in [6.45, 7) is 0.252. The number of nitrogens with zero attached hydrogens (tertiary/aromatic N) is 5. The number of hydrogen-bond acceptors (Lipinski definition) is 5. The first-order valence-electron chi connectivity index (χ1n) is 9.08. The minimum Gasteiger partial charge on any atom is -0.366 e. The van der Waals surface area contributed by atoms with Crippen LogP contribution in [0.4, 0.5) is 19.0 Å². The zero-order chi connectivity index (χ0) is 21.1. The van der Waals surface area contributed by atoms with Crippen LogP contribution < -0.4 is 5.32 Å². The Balaban J connectivity index is 1.66. The van der Waals surface area contributed by atoms with Crippen LogP contribution in [0.3, 0.4) is 0 Å². The van der Waals surface area contributed by atoms with Crippen molar-refractivity contribution < 1.29 is 13.2 Å². The van der Waals surface area contributed by atoms with Crippen LogP contribution in [0.15, 0.2) is 67.1 Å². The molecule has 6 nitrogen and oxygen atoms in total. The Bertz CT molecular complexity index is 1140. The van der Waals surface area contributed by atoms with Crippen molar-refractivity contribution in [3.63, 3.8) is 0 Å². The van der Waals surface area contributed by atoms with Crippen LogP contribution in [-0.4, -0.2) is 24.7 Å². The summed E-state index contributed by atoms with van der Waals surface area (Å²) in [6, 6.07) is 13.6. The number of aryl methyl sites for hydroxylation is 1. The topological polar surface area (TPSA) is 68.5 Å². The highest BCUT2D eigenvalue weighted by molar-refractivity contribution is 5.63. The van der Waals surface area contributed by atoms with Crippen LogP contribution in [0, 0.1) is 0 Å². The summed E-state index contributed by atoms with van der Waals surface area (Å²) in [4.78, 5) is 11.8. The minimum atomic E-state index is -4.59. The van der Waals surface area contributed by atoms with Crippen LogP contribution in [-0.2, 0) is 19.8 Å². The molecule has 0 unspecified atom stereocenters. The molecule has 0 aliphatic carbocycles. The summed E-state index contributed by atoms with van der Waals surface area (Å²) in [7, 11) is 1.80. The molecule has 3 heterocycles. The van der Waals surface area contributed by atoms with Crippen LogP contribution >= 0.6 is 0 Å². The maximum atomic E-state index is 13.4. The maximum absolute atomic E-state index is 13.4. The lowest BCUT2D eigenvalue weighted by Gasteiger charge is -2.12. The number of anilines is 1. The van der Waals surface area contributed by atoms with Gasteiger partial charge in [0.25, 0.3) is 0 Å². The molecule has 9 heteroatoms. The molecule has 0 amide bonds. The predicted octanol–water partition coefficient (Wildman–Crippen LogP) is 4.57. The van der Waals surface area contributed by atoms with Crippen molar-refractivity contribution in [3.8, 4) is 22.6 Å². The lowest BCUT2D eigenvalue weighted by molar-refractivity contribution is -0.141. The highest BCUT2D eigenvalue weighted by atomic mass is 19.4. The van der Waals surface area contributed by atoms with Crippen LogP contribution in [0.2, 0.25) is 0 Å². The highest BCUT2D eigenvalue weighted by Crippen LogP contribution is 2.31. The van der Waals surface area contributed by atoms with E-state index in [1.54, 1.807) is 23.9 Å². The number of halogens is 3. The van der Waals surface area contributed by atoms with Crippen molar-refractivity contribution in [2.45, 2.75) is 12.7 Å². The molecule has 30 heavy (non-hydrogen) atoms. The quantitative estimate of drug-likeness (QED) is 0.522. The number of alkyl halides is 3. The molecule has 0 saturated heterocycles. The van der Waals surface area contributed by atoms with Gasteiger partial charge in [-0.15, -0.1) is 0 Å². The number of rotatable bonds is 5. The molecule has 0 saturated carbocycles. The van der Waals surface area contributed by atoms with Crippen molar-refractivity contribution in [3.05, 3.63) is 78.4 Å². The van der Waals surface area contributed by atoms with E-state index in [1.165, 1.54) is 12.4 Å². The fourth-order valence-corrected chi connectivity index (χ4v) is 3.00. The van der Waals surface area contributed by atoms with Gasteiger partial charge in [0.15, 0.2) is 11.5 Å². The molecule has 4 rings (SSSR count). The van der Waals surface area contributed by atoms with E-state index in [0.29, 0.717) is 5.56 Å². The van der Waals surface area contributed by atoms with E-state index in [9.17, 15) is 13.2 Å². The van der Waals surface area contributed by atoms with E-state index in [4.69, 9.17) is 0 Å². The predicted molar refractivity (Wildman–Crippen MR) is 106 cm³/mol. The molecule has 0 radical (unpaired) electrons. The first kappa shape index (κ1) is 19.6. The molecule has 0 aliphatic heterocycles. The van der Waals surface area contributed by atoms with Crippen LogP contribution in [0.5, 0.6) is 0 Å². The Morgan fingerprint density at radius 3 is 2.40 bits per heavy atom. The molecule has 1 aromatic carbocycles. The molecule has 0 fully saturated rings. The second-order valence-corrected chi connectivity index (χ2v) is 6.59. The van der Waals surface area contributed by atoms with Crippen molar-refractivity contribution in [2.75, 3.05) is 5.32 Å². The molecule has 4 aromatic rings. The Morgan fingerprint density at radius 1 is 0.967 bits per heavy atom. The van der Waals surface area contributed by atoms with Gasteiger partial charge >= 0.3 is 6.18 Å². The molecular weight excluding hydrogens is 393 g/mol. The number of aromatic nitrogens is 5. The third-order valence-electron chi connectivity index (χ3n) is 4.37. The monoisotopic (exact) mass is 410 g/mol. The molecule has 0 spiro atoms. The first-order valence-corrected chi connectivity index (χ1v) is 9.08. The van der Waals surface area contributed by atoms with Gasteiger partial charge in [-0.3, -0.25) is 9.67 Å². The number of pyridine rings is 1. The summed E-state index contributed by atoms with van der Waals surface area (Å²) >= 11 is 0. The zero-order valence-corrected chi connectivity index (χ0v) is 15.9. The number of nitrogens with one attached hydrogen (secondary N) is 1. The smallest absolute Gasteiger partial charge is 0.366 e. The van der Waals surface area contributed by atoms with E-state index < -0.39 is 11.9 Å². The van der Waals surface area contributed by atoms with Gasteiger partial charge in [0.05, 0.1) is 5.69 Å². The lowest BCUT2D eigenvalue weighted by Crippen LogP contribution is -2.12. The van der Waals surface area contributed by atoms with Crippen LogP contribution in [0.25, 0.3) is 22.6 Å². The number of hydrogen-bond donors (Lipinski definition) is 1. The van der Waals surface area contributed by atoms with Gasteiger partial charge in [0.1, 0.15) is 5.82 Å². The highest BCUT2D eigenvalue weighted by Gasteiger charge is 2.33. The Kier molecular flexibility index (Phi) is 5.18. The third kappa shape index (κ3) is 4.29. The summed E-state index contributed by atoms with van der Waals surface area (Å²) in [6.07, 6.45) is 0.192. The molecule has 3 aromatic heterocycles. The first-order chi connectivity index (χ1) is 14.4. The molecule has 0 atom stereocenters. The molecular formula is C21H17F3N6. The zero-order valence-electron chi connectivity index (χ0n) is 15.9. The SMILES string of the molecule is Cn1cc(CNc2cc(C(F)(F)F)nc(-c3ccncc3)n2)c(-c2ccccc2)n1. The summed E-state index contributed by atoms with van der Waals surface area (Å²) in [5.74, 6) is 0.0520. The van der Waals surface area contributed by atoms with Gasteiger partial charge < -0.3 is 5.32 Å². The van der Waals surface area contributed by atoms with Gasteiger partial charge in [0, 0.05) is 54.9 Å². The van der Waals surface area contributed by atoms with Crippen molar-refractivity contribution >= 4 is 5.82 Å². The van der Waals surface area contributed by atoms with Crippen molar-refractivity contribution in [1.82, 2.24) is 24.7 Å². The van der Waals surface area contributed by atoms with Gasteiger partial charge in [-0.25, -0.2) is 9.97 Å². The molecule has 152 valence electrons. The average Bonchev–Trinajstić information content (AvgIpc) is 3.13. The second kappa shape index (κ2) is 7.94. The van der Waals surface area contributed by atoms with E-state index in [1.807, 2.05) is 36.5 Å². The standard InChI is InChI=1S/C21H17F3N6/c1-30-13-16(19(29-30)14-5-3-2-4-6-14)12-26-18-11-17(21(22,23)24)27-20(28-18)15-7-9-25-10-8-15/h2-11,13H,12H2,1H3,(H,26,27,28). The Hall–Kier alpha value is -3.75. The van der Waals surface area contributed by atoms with E-state index >= 15 is 0 Å². The third-order valence-corrected chi connectivity index (χ3v) is 4.37. The van der Waals surface area contributed by atoms with Crippen molar-refractivity contribution in [1.29, 1.82) is 0 Å². The van der Waals surface area contributed by atoms with Crippen LogP contribution in [0.1, 0.15) is 11.3 Å². The fraction of sp³-hybridized carbons (Fsp3) is 0.143. The normalized spacial score (nSPS) is 11.5. The minimum absolute atomic E-state index is 0.0239. The lowest BCUT2D eigenvalue weighted by atomic mass is 10.1. The average molecular weight is 410 g/mol. The molecule has 0 aliphatic rings. The number of benzene rings is 1. The van der Waals surface area contributed by atoms with Gasteiger partial charge in [-0.05, 0) is 12.1 Å². The Morgan fingerprint density at radius 2 is 1.70 bits per heavy atom. The van der Waals surface area contributed by atoms with Crippen molar-refractivity contribution in [2.24, 2.45) is 7.05 Å². The summed E-state index contributed by atoms with van der Waals surface area (Å²) in [5, 5.41) is 7.46.